The van der Waals surface area contributed by atoms with E-state index in [-0.39, 0.29) is 11.1 Å². The zero-order valence-electron chi connectivity index (χ0n) is 23.2. The first-order valence-corrected chi connectivity index (χ1v) is 16.5. The summed E-state index contributed by atoms with van der Waals surface area (Å²) in [5.74, 6) is 1.03. The minimum atomic E-state index is -2.01. The molecule has 1 unspecified atom stereocenters. The first kappa shape index (κ1) is 25.7. The molecule has 1 heterocycles. The number of nitrogens with zero attached hydrogens (tertiary/aromatic N) is 2. The van der Waals surface area contributed by atoms with Crippen LogP contribution in [0.3, 0.4) is 0 Å². The van der Waals surface area contributed by atoms with E-state index in [1.165, 1.54) is 28.1 Å². The van der Waals surface area contributed by atoms with Crippen LogP contribution < -0.4 is 0 Å². The van der Waals surface area contributed by atoms with Crippen molar-refractivity contribution in [1.29, 1.82) is 0 Å². The number of hydrogen-bond acceptors (Lipinski definition) is 2. The molecule has 3 nitrogen and oxygen atoms in total. The van der Waals surface area contributed by atoms with Gasteiger partial charge >= 0.3 is 0 Å². The zero-order valence-corrected chi connectivity index (χ0v) is 24.2. The Hall–Kier alpha value is -2.95. The second-order valence-electron chi connectivity index (χ2n) is 11.9. The van der Waals surface area contributed by atoms with Crippen LogP contribution in [0.1, 0.15) is 73.6 Å². The van der Waals surface area contributed by atoms with Gasteiger partial charge in [0.25, 0.3) is 0 Å². The van der Waals surface area contributed by atoms with Gasteiger partial charge < -0.3 is 8.99 Å². The number of hydrogen-bond donors (Lipinski definition) is 0. The quantitative estimate of drug-likeness (QED) is 0.193. The van der Waals surface area contributed by atoms with E-state index >= 15 is 0 Å². The average molecular weight is 509 g/mol. The predicted molar refractivity (Wildman–Crippen MR) is 156 cm³/mol. The summed E-state index contributed by atoms with van der Waals surface area (Å²) in [5.41, 5.74) is 5.57. The minimum Gasteiger partial charge on any atom is -0.408 e. The Morgan fingerprint density at radius 1 is 0.784 bits per heavy atom. The molecular weight excluding hydrogens is 468 g/mol. The van der Waals surface area contributed by atoms with Crippen molar-refractivity contribution < 1.29 is 4.43 Å². The maximum Gasteiger partial charge on any atom is 0.192 e. The highest BCUT2D eigenvalue weighted by molar-refractivity contribution is 6.74. The Balaban J connectivity index is 1.85. The summed E-state index contributed by atoms with van der Waals surface area (Å²) in [5, 5.41) is 0.139. The normalized spacial score (nSPS) is 16.4. The van der Waals surface area contributed by atoms with Crippen LogP contribution in [-0.2, 0) is 16.4 Å². The van der Waals surface area contributed by atoms with Crippen molar-refractivity contribution in [3.05, 3.63) is 125 Å². The van der Waals surface area contributed by atoms with Gasteiger partial charge in [-0.25, -0.2) is 4.98 Å². The molecule has 0 amide bonds. The van der Waals surface area contributed by atoms with E-state index in [0.29, 0.717) is 0 Å². The lowest BCUT2D eigenvalue weighted by atomic mass is 9.76. The van der Waals surface area contributed by atoms with Gasteiger partial charge in [0.1, 0.15) is 11.4 Å². The maximum absolute atomic E-state index is 7.20. The van der Waals surface area contributed by atoms with Gasteiger partial charge in [0.05, 0.1) is 17.5 Å². The zero-order chi connectivity index (χ0) is 26.3. The predicted octanol–water partition coefficient (Wildman–Crippen LogP) is 8.43. The third-order valence-corrected chi connectivity index (χ3v) is 13.0. The smallest absolute Gasteiger partial charge is 0.192 e. The Bertz CT molecular complexity index is 1240. The molecular formula is C33H40N2OSi. The SMILES string of the molecule is Cc1nc2c(n1C(c1ccccc1)(c1ccccc1)c1ccccc1)C(O[Si](C)(C)C(C)(C)C)CCC2. The van der Waals surface area contributed by atoms with Crippen LogP contribution in [0.25, 0.3) is 0 Å². The molecule has 3 aromatic carbocycles. The van der Waals surface area contributed by atoms with Gasteiger partial charge in [0.2, 0.25) is 0 Å². The van der Waals surface area contributed by atoms with Gasteiger partial charge in [0.15, 0.2) is 8.32 Å². The van der Waals surface area contributed by atoms with Gasteiger partial charge in [-0.3, -0.25) is 0 Å². The fraction of sp³-hybridized carbons (Fsp3) is 0.364. The maximum atomic E-state index is 7.20. The Labute approximate surface area is 223 Å². The lowest BCUT2D eigenvalue weighted by molar-refractivity contribution is 0.150. The molecule has 192 valence electrons. The number of aryl methyl sites for hydroxylation is 2. The number of rotatable bonds is 6. The lowest BCUT2D eigenvalue weighted by Gasteiger charge is -2.44. The molecule has 0 saturated carbocycles. The van der Waals surface area contributed by atoms with Crippen molar-refractivity contribution in [3.8, 4) is 0 Å². The van der Waals surface area contributed by atoms with Crippen molar-refractivity contribution >= 4 is 8.32 Å². The molecule has 0 fully saturated rings. The first-order chi connectivity index (χ1) is 17.7. The summed E-state index contributed by atoms with van der Waals surface area (Å²) in [6, 6.07) is 32.8. The highest BCUT2D eigenvalue weighted by Crippen LogP contribution is 2.48. The van der Waals surface area contributed by atoms with Crippen LogP contribution in [0.2, 0.25) is 18.1 Å². The summed E-state index contributed by atoms with van der Waals surface area (Å²) in [6.07, 6.45) is 3.16. The molecule has 0 radical (unpaired) electrons. The van der Waals surface area contributed by atoms with Crippen molar-refractivity contribution in [2.45, 2.75) is 76.7 Å². The van der Waals surface area contributed by atoms with Gasteiger partial charge in [-0.15, -0.1) is 0 Å². The summed E-state index contributed by atoms with van der Waals surface area (Å²) in [7, 11) is -2.01. The number of aromatic nitrogens is 2. The van der Waals surface area contributed by atoms with Crippen LogP contribution in [0.4, 0.5) is 0 Å². The van der Waals surface area contributed by atoms with Crippen molar-refractivity contribution in [2.75, 3.05) is 0 Å². The molecule has 37 heavy (non-hydrogen) atoms. The fourth-order valence-corrected chi connectivity index (χ4v) is 7.00. The molecule has 1 aromatic heterocycles. The summed E-state index contributed by atoms with van der Waals surface area (Å²) < 4.78 is 9.73. The highest BCUT2D eigenvalue weighted by Gasteiger charge is 2.46. The molecule has 0 aliphatic heterocycles. The Morgan fingerprint density at radius 2 is 1.24 bits per heavy atom. The van der Waals surface area contributed by atoms with E-state index < -0.39 is 13.9 Å². The molecule has 1 aliphatic carbocycles. The monoisotopic (exact) mass is 508 g/mol. The third-order valence-electron chi connectivity index (χ3n) is 8.49. The van der Waals surface area contributed by atoms with E-state index in [9.17, 15) is 0 Å². The van der Waals surface area contributed by atoms with E-state index in [1.807, 2.05) is 0 Å². The van der Waals surface area contributed by atoms with E-state index in [2.05, 4.69) is 136 Å². The van der Waals surface area contributed by atoms with Crippen LogP contribution in [0, 0.1) is 6.92 Å². The Morgan fingerprint density at radius 3 is 1.68 bits per heavy atom. The molecule has 1 aliphatic rings. The second-order valence-corrected chi connectivity index (χ2v) is 16.7. The van der Waals surface area contributed by atoms with Gasteiger partial charge in [-0.05, 0) is 61.0 Å². The summed E-state index contributed by atoms with van der Waals surface area (Å²) >= 11 is 0. The number of benzene rings is 3. The highest BCUT2D eigenvalue weighted by atomic mass is 28.4. The van der Waals surface area contributed by atoms with E-state index in [4.69, 9.17) is 9.41 Å². The molecule has 0 bridgehead atoms. The topological polar surface area (TPSA) is 27.1 Å². The molecule has 0 N–H and O–H groups in total. The van der Waals surface area contributed by atoms with Gasteiger partial charge in [0, 0.05) is 0 Å². The lowest BCUT2D eigenvalue weighted by Crippen LogP contribution is -2.44. The molecule has 0 saturated heterocycles. The van der Waals surface area contributed by atoms with E-state index in [1.54, 1.807) is 0 Å². The average Bonchev–Trinajstić information content (AvgIpc) is 3.23. The van der Waals surface area contributed by atoms with Crippen molar-refractivity contribution in [3.63, 3.8) is 0 Å². The molecule has 4 heteroatoms. The number of fused-ring (bicyclic) bond motifs is 1. The fourth-order valence-electron chi connectivity index (χ4n) is 5.71. The standard InChI is InChI=1S/C33H40N2OSi/c1-25-34-29-23-16-24-30(36-37(5,6)32(2,3)4)31(29)35(25)33(26-17-10-7-11-18-26,27-19-12-8-13-20-27)28-21-14-9-15-22-28/h7-15,17-22,30H,16,23-24H2,1-6H3. The summed E-state index contributed by atoms with van der Waals surface area (Å²) in [4.78, 5) is 5.23. The first-order valence-electron chi connectivity index (χ1n) is 13.6. The van der Waals surface area contributed by atoms with Crippen LogP contribution in [-0.4, -0.2) is 17.9 Å². The molecule has 5 rings (SSSR count). The Kier molecular flexibility index (Phi) is 6.76. The van der Waals surface area contributed by atoms with Crippen LogP contribution >= 0.6 is 0 Å². The number of imidazole rings is 1. The molecule has 4 aromatic rings. The van der Waals surface area contributed by atoms with Gasteiger partial charge in [-0.1, -0.05) is 112 Å². The van der Waals surface area contributed by atoms with Crippen LogP contribution in [0.5, 0.6) is 0 Å². The minimum absolute atomic E-state index is 0.0290. The largest absolute Gasteiger partial charge is 0.408 e. The van der Waals surface area contributed by atoms with Crippen molar-refractivity contribution in [2.24, 2.45) is 0 Å². The second kappa shape index (κ2) is 9.73. The molecule has 1 atom stereocenters. The van der Waals surface area contributed by atoms with Gasteiger partial charge in [-0.2, -0.15) is 0 Å². The summed E-state index contributed by atoms with van der Waals surface area (Å²) in [6.45, 7) is 13.9. The van der Waals surface area contributed by atoms with E-state index in [0.717, 1.165) is 25.1 Å². The third kappa shape index (κ3) is 4.40. The molecule has 0 spiro atoms. The van der Waals surface area contributed by atoms with Crippen molar-refractivity contribution in [1.82, 2.24) is 9.55 Å². The van der Waals surface area contributed by atoms with Crippen LogP contribution in [0.15, 0.2) is 91.0 Å².